The van der Waals surface area contributed by atoms with Crippen molar-refractivity contribution in [1.82, 2.24) is 4.98 Å². The van der Waals surface area contributed by atoms with E-state index in [4.69, 9.17) is 4.74 Å². The van der Waals surface area contributed by atoms with E-state index in [-0.39, 0.29) is 22.9 Å². The molecule has 2 aliphatic heterocycles. The molecule has 11 nitrogen and oxygen atoms in total. The summed E-state index contributed by atoms with van der Waals surface area (Å²) in [7, 11) is 0. The van der Waals surface area contributed by atoms with Crippen LogP contribution in [-0.2, 0) is 14.4 Å². The molecule has 3 aromatic carbocycles. The highest BCUT2D eigenvalue weighted by Crippen LogP contribution is 2.54. The second-order valence-corrected chi connectivity index (χ2v) is 13.0. The molecule has 1 aromatic heterocycles. The van der Waals surface area contributed by atoms with Gasteiger partial charge in [-0.2, -0.15) is 0 Å². The summed E-state index contributed by atoms with van der Waals surface area (Å²) in [5, 5.41) is 13.5. The fourth-order valence-electron chi connectivity index (χ4n) is 5.20. The first-order chi connectivity index (χ1) is 20.6. The van der Waals surface area contributed by atoms with Crippen molar-refractivity contribution in [1.29, 1.82) is 0 Å². The smallest absolute Gasteiger partial charge is 0.305 e. The van der Waals surface area contributed by atoms with Gasteiger partial charge in [0.1, 0.15) is 11.0 Å². The van der Waals surface area contributed by atoms with E-state index in [1.807, 2.05) is 19.1 Å². The van der Waals surface area contributed by atoms with Crippen molar-refractivity contribution < 1.29 is 24.0 Å². The van der Waals surface area contributed by atoms with Crippen LogP contribution in [0.3, 0.4) is 0 Å². The van der Waals surface area contributed by atoms with E-state index in [1.54, 1.807) is 30.3 Å². The number of carbonyl (C=O) groups excluding carboxylic acids is 3. The van der Waals surface area contributed by atoms with Gasteiger partial charge < -0.3 is 15.0 Å². The van der Waals surface area contributed by atoms with Gasteiger partial charge in [-0.1, -0.05) is 56.7 Å². The lowest BCUT2D eigenvalue weighted by atomic mass is 9.82. The van der Waals surface area contributed by atoms with Gasteiger partial charge in [-0.3, -0.25) is 29.3 Å². The average Bonchev–Trinajstić information content (AvgIpc) is 3.47. The highest BCUT2D eigenvalue weighted by atomic mass is 79.9. The Bertz CT molecular complexity index is 1840. The Morgan fingerprint density at radius 3 is 2.49 bits per heavy atom. The molecule has 1 fully saturated rings. The van der Waals surface area contributed by atoms with Crippen LogP contribution in [0.1, 0.15) is 21.9 Å². The number of thioether (sulfide) groups is 1. The molecule has 2 N–H and O–H groups in total. The molecular formula is C29H21BrN4O7S2. The molecule has 0 saturated carbocycles. The van der Waals surface area contributed by atoms with E-state index < -0.39 is 39.7 Å². The number of rotatable bonds is 7. The minimum absolute atomic E-state index is 0.172. The number of nitrogens with zero attached hydrogens (tertiary/aromatic N) is 2. The number of thiazole rings is 1. The van der Waals surface area contributed by atoms with Gasteiger partial charge in [-0.05, 0) is 49.4 Å². The molecule has 3 amide bonds. The van der Waals surface area contributed by atoms with Crippen LogP contribution in [0.4, 0.5) is 17.1 Å². The van der Waals surface area contributed by atoms with Crippen molar-refractivity contribution >= 4 is 73.8 Å². The van der Waals surface area contributed by atoms with Gasteiger partial charge in [0.15, 0.2) is 6.61 Å². The van der Waals surface area contributed by atoms with Gasteiger partial charge in [0.2, 0.25) is 11.8 Å². The number of benzene rings is 3. The summed E-state index contributed by atoms with van der Waals surface area (Å²) in [5.74, 6) is -2.73. The molecule has 43 heavy (non-hydrogen) atoms. The number of non-ortho nitro benzene ring substituents is 1. The monoisotopic (exact) mass is 680 g/mol. The summed E-state index contributed by atoms with van der Waals surface area (Å²) in [6.45, 7) is 1.62. The van der Waals surface area contributed by atoms with E-state index in [9.17, 15) is 29.3 Å². The van der Waals surface area contributed by atoms with Gasteiger partial charge in [0, 0.05) is 38.7 Å². The van der Waals surface area contributed by atoms with Crippen LogP contribution in [-0.4, -0.2) is 39.5 Å². The largest absolute Gasteiger partial charge is 0.483 e. The maximum atomic E-state index is 14.0. The molecular weight excluding hydrogens is 660 g/mol. The zero-order valence-corrected chi connectivity index (χ0v) is 25.5. The number of anilines is 2. The molecule has 4 aromatic rings. The molecule has 1 saturated heterocycles. The van der Waals surface area contributed by atoms with Crippen LogP contribution < -0.4 is 19.8 Å². The number of imide groups is 1. The second kappa shape index (κ2) is 11.4. The summed E-state index contributed by atoms with van der Waals surface area (Å²) in [4.78, 5) is 67.6. The fraction of sp³-hybridized carbons (Fsp3) is 0.172. The number of nitrogens with one attached hydrogen (secondary N) is 2. The number of halogens is 1. The minimum Gasteiger partial charge on any atom is -0.483 e. The van der Waals surface area contributed by atoms with Crippen LogP contribution in [0, 0.1) is 23.0 Å². The number of aromatic amines is 1. The number of hydrogen-bond acceptors (Lipinski definition) is 9. The highest BCUT2D eigenvalue weighted by molar-refractivity contribution is 9.10. The van der Waals surface area contributed by atoms with Gasteiger partial charge in [-0.15, -0.1) is 0 Å². The third-order valence-corrected chi connectivity index (χ3v) is 10.0. The SMILES string of the molecule is Cc1ccc(NC(=O)COc2ccc(Br)cc2[C@H]2c3sc(=O)[nH]c3SC3C(=O)N(c4ccc([N+](=O)[O-])cc4)C(=O)C32)cc1. The Morgan fingerprint density at radius 2 is 1.79 bits per heavy atom. The third-order valence-electron chi connectivity index (χ3n) is 7.14. The Labute approximate surface area is 260 Å². The number of nitro benzene ring substituents is 1. The first-order valence-electron chi connectivity index (χ1n) is 12.9. The van der Waals surface area contributed by atoms with E-state index in [0.717, 1.165) is 33.6 Å². The number of aromatic nitrogens is 1. The molecule has 0 bridgehead atoms. The molecule has 3 heterocycles. The molecule has 6 rings (SSSR count). The summed E-state index contributed by atoms with van der Waals surface area (Å²) in [6, 6.07) is 17.7. The fourth-order valence-corrected chi connectivity index (χ4v) is 8.09. The number of hydrogen-bond donors (Lipinski definition) is 2. The Balaban J connectivity index is 1.35. The molecule has 0 spiro atoms. The number of nitro groups is 1. The lowest BCUT2D eigenvalue weighted by molar-refractivity contribution is -0.384. The second-order valence-electron chi connectivity index (χ2n) is 9.92. The predicted molar refractivity (Wildman–Crippen MR) is 165 cm³/mol. The zero-order chi connectivity index (χ0) is 30.4. The van der Waals surface area contributed by atoms with Crippen LogP contribution in [0.5, 0.6) is 5.75 Å². The summed E-state index contributed by atoms with van der Waals surface area (Å²) >= 11 is 5.55. The Morgan fingerprint density at radius 1 is 1.07 bits per heavy atom. The summed E-state index contributed by atoms with van der Waals surface area (Å²) in [6.07, 6.45) is 0. The van der Waals surface area contributed by atoms with Crippen molar-refractivity contribution in [3.63, 3.8) is 0 Å². The summed E-state index contributed by atoms with van der Waals surface area (Å²) in [5.41, 5.74) is 2.23. The maximum Gasteiger partial charge on any atom is 0.305 e. The van der Waals surface area contributed by atoms with E-state index in [2.05, 4.69) is 26.2 Å². The number of carbonyl (C=O) groups is 3. The Kier molecular flexibility index (Phi) is 7.66. The van der Waals surface area contributed by atoms with E-state index in [0.29, 0.717) is 31.4 Å². The molecule has 0 aliphatic carbocycles. The van der Waals surface area contributed by atoms with Gasteiger partial charge in [0.05, 0.1) is 21.6 Å². The first-order valence-corrected chi connectivity index (χ1v) is 15.4. The van der Waals surface area contributed by atoms with Crippen LogP contribution in [0.2, 0.25) is 0 Å². The number of amides is 3. The van der Waals surface area contributed by atoms with Crippen LogP contribution in [0.15, 0.2) is 81.0 Å². The van der Waals surface area contributed by atoms with Crippen molar-refractivity contribution in [2.24, 2.45) is 5.92 Å². The lowest BCUT2D eigenvalue weighted by Crippen LogP contribution is -2.32. The van der Waals surface area contributed by atoms with Gasteiger partial charge >= 0.3 is 4.87 Å². The number of ether oxygens (including phenoxy) is 1. The van der Waals surface area contributed by atoms with Crippen LogP contribution in [0.25, 0.3) is 0 Å². The lowest BCUT2D eigenvalue weighted by Gasteiger charge is -2.31. The van der Waals surface area contributed by atoms with Crippen molar-refractivity contribution in [2.45, 2.75) is 23.1 Å². The van der Waals surface area contributed by atoms with Crippen molar-refractivity contribution in [3.8, 4) is 5.75 Å². The average molecular weight is 682 g/mol. The van der Waals surface area contributed by atoms with Gasteiger partial charge in [-0.25, -0.2) is 4.90 Å². The maximum absolute atomic E-state index is 14.0. The quantitative estimate of drug-likeness (QED) is 0.153. The molecule has 0 radical (unpaired) electrons. The topological polar surface area (TPSA) is 152 Å². The molecule has 3 atom stereocenters. The Hall–Kier alpha value is -4.27. The standard InChI is InChI=1S/C29H21BrN4O7S2/c1-14-2-5-16(6-3-14)31-21(35)13-41-20-11-4-15(30)12-19(20)22-23-25(42-26-24(22)43-29(38)32-26)28(37)33(27(23)36)17-7-9-18(10-8-17)34(39)40/h2-12,22-23,25H,13H2,1H3,(H,31,35)(H,32,38)/t22-,23?,25?/m1/s1. The van der Waals surface area contributed by atoms with Gasteiger partial charge in [0.25, 0.3) is 11.6 Å². The number of aryl methyl sites for hydroxylation is 1. The molecule has 218 valence electrons. The van der Waals surface area contributed by atoms with Crippen molar-refractivity contribution in [2.75, 3.05) is 16.8 Å². The van der Waals surface area contributed by atoms with E-state index >= 15 is 0 Å². The summed E-state index contributed by atoms with van der Waals surface area (Å²) < 4.78 is 6.65. The molecule has 14 heteroatoms. The first kappa shape index (κ1) is 28.8. The number of H-pyrrole nitrogens is 1. The van der Waals surface area contributed by atoms with Crippen molar-refractivity contribution in [3.05, 3.63) is 107 Å². The van der Waals surface area contributed by atoms with E-state index in [1.165, 1.54) is 24.3 Å². The van der Waals surface area contributed by atoms with Crippen LogP contribution >= 0.6 is 39.0 Å². The third kappa shape index (κ3) is 5.48. The number of fused-ring (bicyclic) bond motifs is 2. The molecule has 2 unspecified atom stereocenters. The predicted octanol–water partition coefficient (Wildman–Crippen LogP) is 5.23. The zero-order valence-electron chi connectivity index (χ0n) is 22.2. The minimum atomic E-state index is -0.912. The normalized spacial score (nSPS) is 19.1. The molecule has 2 aliphatic rings. The highest BCUT2D eigenvalue weighted by Gasteiger charge is 2.57.